The lowest BCUT2D eigenvalue weighted by Crippen LogP contribution is -2.30. The largest absolute Gasteiger partial charge is 0.455 e. The average Bonchev–Trinajstić information content (AvgIpc) is 3.60. The van der Waals surface area contributed by atoms with E-state index >= 15 is 0 Å². The number of esters is 1. The number of hydrogen-bond acceptors (Lipinski definition) is 6. The summed E-state index contributed by atoms with van der Waals surface area (Å²) in [5.74, 6) is -0.282. The third kappa shape index (κ3) is 17.8. The lowest BCUT2D eigenvalue weighted by Gasteiger charge is -2.22. The fourth-order valence-electron chi connectivity index (χ4n) is 6.46. The SMILES string of the molecule is CCCCCCCCCC/C=C\CC[C@@H](O)[C@H]1CC[C@H]([C@H](O)CCCCCCCCCC[C@@H](O)CC2=C[C@H](C)OC2=O)O1. The lowest BCUT2D eigenvalue weighted by atomic mass is 10.00. The van der Waals surface area contributed by atoms with Crippen LogP contribution in [0.3, 0.4) is 0 Å². The highest BCUT2D eigenvalue weighted by molar-refractivity contribution is 5.90. The molecule has 0 aliphatic carbocycles. The van der Waals surface area contributed by atoms with E-state index < -0.39 is 18.3 Å². The summed E-state index contributed by atoms with van der Waals surface area (Å²) in [7, 11) is 0. The van der Waals surface area contributed by atoms with Gasteiger partial charge in [0.1, 0.15) is 6.10 Å². The van der Waals surface area contributed by atoms with Crippen LogP contribution in [0, 0.1) is 0 Å². The van der Waals surface area contributed by atoms with Gasteiger partial charge in [0.15, 0.2) is 0 Å². The number of carbonyl (C=O) groups excluding carboxylic acids is 1. The zero-order valence-electron chi connectivity index (χ0n) is 27.7. The van der Waals surface area contributed by atoms with Crippen LogP contribution in [0.2, 0.25) is 0 Å². The first kappa shape index (κ1) is 38.0. The third-order valence-corrected chi connectivity index (χ3v) is 9.20. The van der Waals surface area contributed by atoms with Gasteiger partial charge in [0.05, 0.1) is 30.5 Å². The number of aliphatic hydroxyl groups excluding tert-OH is 3. The Labute approximate surface area is 263 Å². The second-order valence-corrected chi connectivity index (χ2v) is 13.3. The molecule has 2 rings (SSSR count). The van der Waals surface area contributed by atoms with E-state index in [1.54, 1.807) is 0 Å². The summed E-state index contributed by atoms with van der Waals surface area (Å²) >= 11 is 0. The normalized spacial score (nSPS) is 22.7. The van der Waals surface area contributed by atoms with Gasteiger partial charge in [-0.2, -0.15) is 0 Å². The molecule has 2 aliphatic rings. The Morgan fingerprint density at radius 2 is 1.23 bits per heavy atom. The number of carbonyl (C=O) groups is 1. The van der Waals surface area contributed by atoms with E-state index in [2.05, 4.69) is 19.1 Å². The maximum atomic E-state index is 11.6. The molecular weight excluding hydrogens is 540 g/mol. The van der Waals surface area contributed by atoms with Crippen LogP contribution in [0.4, 0.5) is 0 Å². The number of allylic oxidation sites excluding steroid dienone is 2. The third-order valence-electron chi connectivity index (χ3n) is 9.20. The molecule has 1 saturated heterocycles. The van der Waals surface area contributed by atoms with Crippen LogP contribution in [0.15, 0.2) is 23.8 Å². The van der Waals surface area contributed by atoms with Crippen molar-refractivity contribution in [2.45, 2.75) is 205 Å². The van der Waals surface area contributed by atoms with Gasteiger partial charge in [-0.3, -0.25) is 0 Å². The smallest absolute Gasteiger partial charge is 0.334 e. The van der Waals surface area contributed by atoms with Crippen molar-refractivity contribution in [2.24, 2.45) is 0 Å². The van der Waals surface area contributed by atoms with Gasteiger partial charge in [0, 0.05) is 12.0 Å². The van der Waals surface area contributed by atoms with Crippen LogP contribution in [-0.2, 0) is 14.3 Å². The van der Waals surface area contributed by atoms with Crippen molar-refractivity contribution >= 4 is 5.97 Å². The molecule has 1 fully saturated rings. The fourth-order valence-corrected chi connectivity index (χ4v) is 6.46. The second kappa shape index (κ2) is 24.1. The Morgan fingerprint density at radius 3 is 1.81 bits per heavy atom. The first-order valence-corrected chi connectivity index (χ1v) is 18.2. The van der Waals surface area contributed by atoms with Crippen LogP contribution in [0.25, 0.3) is 0 Å². The standard InChI is InChI=1S/C37H66O6/c1-3-4-5-6-7-8-9-10-11-15-18-21-24-33(39)35-26-27-36(43-35)34(40)25-22-19-16-13-12-14-17-20-23-32(38)29-31-28-30(2)42-37(31)41/h15,18,28,30,32-36,38-40H,3-14,16-17,19-27,29H2,1-2H3/b18-15-/t30-,32+,33+,34+,35+,36+/m0/s1. The summed E-state index contributed by atoms with van der Waals surface area (Å²) < 4.78 is 11.2. The first-order chi connectivity index (χ1) is 20.9. The van der Waals surface area contributed by atoms with E-state index in [9.17, 15) is 20.1 Å². The van der Waals surface area contributed by atoms with Crippen LogP contribution in [0.5, 0.6) is 0 Å². The van der Waals surface area contributed by atoms with Crippen molar-refractivity contribution in [2.75, 3.05) is 0 Å². The molecule has 6 nitrogen and oxygen atoms in total. The lowest BCUT2D eigenvalue weighted by molar-refractivity contribution is -0.139. The summed E-state index contributed by atoms with van der Waals surface area (Å²) in [5.41, 5.74) is 0.615. The fraction of sp³-hybridized carbons (Fsp3) is 0.865. The van der Waals surface area contributed by atoms with Gasteiger partial charge < -0.3 is 24.8 Å². The van der Waals surface area contributed by atoms with Gasteiger partial charge in [0.25, 0.3) is 0 Å². The van der Waals surface area contributed by atoms with Crippen molar-refractivity contribution in [1.82, 2.24) is 0 Å². The molecule has 0 amide bonds. The Morgan fingerprint density at radius 1 is 0.721 bits per heavy atom. The molecule has 0 aromatic carbocycles. The Balaban J connectivity index is 1.38. The van der Waals surface area contributed by atoms with E-state index in [0.29, 0.717) is 12.0 Å². The highest BCUT2D eigenvalue weighted by atomic mass is 16.5. The minimum atomic E-state index is -0.464. The topological polar surface area (TPSA) is 96.2 Å². The van der Waals surface area contributed by atoms with Gasteiger partial charge in [-0.1, -0.05) is 115 Å². The molecule has 250 valence electrons. The van der Waals surface area contributed by atoms with Crippen molar-refractivity contribution in [3.8, 4) is 0 Å². The molecule has 2 aliphatic heterocycles. The van der Waals surface area contributed by atoms with Crippen molar-refractivity contribution < 1.29 is 29.6 Å². The van der Waals surface area contributed by atoms with Crippen LogP contribution >= 0.6 is 0 Å². The predicted octanol–water partition coefficient (Wildman–Crippen LogP) is 8.65. The molecule has 2 heterocycles. The summed E-state index contributed by atoms with van der Waals surface area (Å²) in [6.07, 6.45) is 30.7. The van der Waals surface area contributed by atoms with Gasteiger partial charge in [-0.15, -0.1) is 0 Å². The van der Waals surface area contributed by atoms with E-state index in [-0.39, 0.29) is 24.3 Å². The Hall–Kier alpha value is -1.21. The van der Waals surface area contributed by atoms with Crippen LogP contribution in [0.1, 0.15) is 168 Å². The van der Waals surface area contributed by atoms with Crippen LogP contribution < -0.4 is 0 Å². The molecule has 0 unspecified atom stereocenters. The van der Waals surface area contributed by atoms with Gasteiger partial charge >= 0.3 is 5.97 Å². The maximum absolute atomic E-state index is 11.6. The zero-order valence-corrected chi connectivity index (χ0v) is 27.7. The summed E-state index contributed by atoms with van der Waals surface area (Å²) in [4.78, 5) is 11.6. The molecule has 0 aromatic heterocycles. The molecular formula is C37H66O6. The van der Waals surface area contributed by atoms with Gasteiger partial charge in [-0.25, -0.2) is 4.79 Å². The molecule has 0 bridgehead atoms. The predicted molar refractivity (Wildman–Crippen MR) is 176 cm³/mol. The maximum Gasteiger partial charge on any atom is 0.334 e. The number of rotatable bonds is 27. The average molecular weight is 607 g/mol. The zero-order chi connectivity index (χ0) is 31.1. The number of hydrogen-bond donors (Lipinski definition) is 3. The molecule has 6 heteroatoms. The van der Waals surface area contributed by atoms with Crippen molar-refractivity contribution in [3.63, 3.8) is 0 Å². The Kier molecular flexibility index (Phi) is 21.3. The van der Waals surface area contributed by atoms with E-state index in [0.717, 1.165) is 70.6 Å². The summed E-state index contributed by atoms with van der Waals surface area (Å²) in [6, 6.07) is 0. The Bertz CT molecular complexity index is 764. The monoisotopic (exact) mass is 606 g/mol. The number of ether oxygens (including phenoxy) is 2. The van der Waals surface area contributed by atoms with Crippen LogP contribution in [-0.4, -0.2) is 57.9 Å². The first-order valence-electron chi connectivity index (χ1n) is 18.2. The molecule has 0 aromatic rings. The van der Waals surface area contributed by atoms with E-state index in [1.807, 2.05) is 13.0 Å². The van der Waals surface area contributed by atoms with Gasteiger partial charge in [-0.05, 0) is 64.4 Å². The molecule has 0 spiro atoms. The quantitative estimate of drug-likeness (QED) is 0.0492. The minimum absolute atomic E-state index is 0.133. The highest BCUT2D eigenvalue weighted by Gasteiger charge is 2.34. The van der Waals surface area contributed by atoms with E-state index in [4.69, 9.17) is 9.47 Å². The molecule has 43 heavy (non-hydrogen) atoms. The molecule has 3 N–H and O–H groups in total. The summed E-state index contributed by atoms with van der Waals surface area (Å²) in [6.45, 7) is 4.10. The van der Waals surface area contributed by atoms with Crippen molar-refractivity contribution in [1.29, 1.82) is 0 Å². The molecule has 6 atom stereocenters. The summed E-state index contributed by atoms with van der Waals surface area (Å²) in [5, 5.41) is 31.4. The highest BCUT2D eigenvalue weighted by Crippen LogP contribution is 2.28. The van der Waals surface area contributed by atoms with Gasteiger partial charge in [0.2, 0.25) is 0 Å². The number of cyclic esters (lactones) is 1. The molecule has 0 radical (unpaired) electrons. The van der Waals surface area contributed by atoms with E-state index in [1.165, 1.54) is 77.0 Å². The minimum Gasteiger partial charge on any atom is -0.455 e. The number of unbranched alkanes of at least 4 members (excludes halogenated alkanes) is 15. The number of aliphatic hydroxyl groups is 3. The molecule has 0 saturated carbocycles. The van der Waals surface area contributed by atoms with Crippen molar-refractivity contribution in [3.05, 3.63) is 23.8 Å². The second-order valence-electron chi connectivity index (χ2n) is 13.3.